The van der Waals surface area contributed by atoms with E-state index in [9.17, 15) is 9.90 Å². The van der Waals surface area contributed by atoms with Gasteiger partial charge in [-0.25, -0.2) is 0 Å². The summed E-state index contributed by atoms with van der Waals surface area (Å²) in [7, 11) is 0. The minimum absolute atomic E-state index is 0.0128. The van der Waals surface area contributed by atoms with E-state index in [1.54, 1.807) is 11.3 Å². The van der Waals surface area contributed by atoms with Crippen molar-refractivity contribution in [2.24, 2.45) is 5.92 Å². The van der Waals surface area contributed by atoms with Gasteiger partial charge in [-0.3, -0.25) is 9.69 Å². The molecule has 0 spiro atoms. The number of thiophene rings is 1. The maximum atomic E-state index is 11.0. The van der Waals surface area contributed by atoms with E-state index in [2.05, 4.69) is 52.8 Å². The third-order valence-electron chi connectivity index (χ3n) is 6.99. The number of benzene rings is 1. The second kappa shape index (κ2) is 13.3. The van der Waals surface area contributed by atoms with Gasteiger partial charge >= 0.3 is 5.97 Å². The summed E-state index contributed by atoms with van der Waals surface area (Å²) >= 11 is 1.74. The molecule has 4 rings (SSSR count). The van der Waals surface area contributed by atoms with Crippen molar-refractivity contribution < 1.29 is 24.5 Å². The number of ether oxygens (including phenoxy) is 2. The average molecular weight is 500 g/mol. The molecule has 0 bridgehead atoms. The summed E-state index contributed by atoms with van der Waals surface area (Å²) < 4.78 is 12.0. The number of rotatable bonds is 12. The summed E-state index contributed by atoms with van der Waals surface area (Å²) in [5, 5.41) is 22.0. The standard InChI is InChI=1S/C28H37NO5S/c30-25-18-26(34-19-23-17-22(20-35-23)16-21-8-4-3-5-9-21)24(10-6-1-2-7-11-27(31)32)28(25)29-12-14-33-15-13-29/h1,3-6,8-9,17,20,24-26,28,30H,2,7,10-16,18-19H2,(H,31,32). The molecule has 7 heteroatoms. The molecular formula is C28H37NO5S. The maximum absolute atomic E-state index is 11.0. The van der Waals surface area contributed by atoms with Crippen LogP contribution in [-0.4, -0.2) is 65.6 Å². The van der Waals surface area contributed by atoms with Crippen LogP contribution in [0.4, 0.5) is 0 Å². The summed E-state index contributed by atoms with van der Waals surface area (Å²) in [4.78, 5) is 14.3. The minimum Gasteiger partial charge on any atom is -0.481 e. The highest BCUT2D eigenvalue weighted by Crippen LogP contribution is 2.37. The second-order valence-electron chi connectivity index (χ2n) is 9.53. The SMILES string of the molecule is O=C(O)CCCC=CCC1C(OCc2cc(Cc3ccccc3)cs2)CC(O)C1N1CCOCC1. The zero-order chi connectivity index (χ0) is 24.5. The quantitative estimate of drug-likeness (QED) is 0.331. The first-order valence-corrected chi connectivity index (χ1v) is 13.6. The van der Waals surface area contributed by atoms with E-state index in [4.69, 9.17) is 14.6 Å². The second-order valence-corrected chi connectivity index (χ2v) is 10.5. The zero-order valence-corrected chi connectivity index (χ0v) is 21.1. The number of aliphatic hydroxyl groups excluding tert-OH is 1. The van der Waals surface area contributed by atoms with E-state index >= 15 is 0 Å². The van der Waals surface area contributed by atoms with Gasteiger partial charge < -0.3 is 19.7 Å². The smallest absolute Gasteiger partial charge is 0.303 e. The van der Waals surface area contributed by atoms with Crippen molar-refractivity contribution in [3.05, 3.63) is 69.9 Å². The Bertz CT molecular complexity index is 940. The molecule has 0 radical (unpaired) electrons. The molecule has 0 amide bonds. The first-order valence-electron chi connectivity index (χ1n) is 12.7. The van der Waals surface area contributed by atoms with E-state index in [0.717, 1.165) is 32.4 Å². The van der Waals surface area contributed by atoms with Gasteiger partial charge in [0.15, 0.2) is 0 Å². The molecule has 1 aromatic carbocycles. The number of aliphatic carboxylic acids is 1. The van der Waals surface area contributed by atoms with Crippen molar-refractivity contribution >= 4 is 17.3 Å². The van der Waals surface area contributed by atoms with Gasteiger partial charge in [-0.05, 0) is 48.3 Å². The van der Waals surface area contributed by atoms with Crippen LogP contribution in [0.25, 0.3) is 0 Å². The summed E-state index contributed by atoms with van der Waals surface area (Å²) in [6.45, 7) is 3.63. The molecule has 2 aromatic rings. The average Bonchev–Trinajstić information content (AvgIpc) is 3.44. The van der Waals surface area contributed by atoms with Crippen LogP contribution in [0.3, 0.4) is 0 Å². The lowest BCUT2D eigenvalue weighted by Crippen LogP contribution is -2.50. The van der Waals surface area contributed by atoms with Crippen molar-refractivity contribution in [1.29, 1.82) is 0 Å². The highest BCUT2D eigenvalue weighted by Gasteiger charge is 2.45. The summed E-state index contributed by atoms with van der Waals surface area (Å²) in [5.74, 6) is -0.554. The summed E-state index contributed by atoms with van der Waals surface area (Å²) in [6.07, 6.45) is 7.79. The number of unbranched alkanes of at least 4 members (excludes halogenated alkanes) is 1. The third-order valence-corrected chi connectivity index (χ3v) is 7.95. The third kappa shape index (κ3) is 7.72. The van der Waals surface area contributed by atoms with Crippen molar-refractivity contribution in [1.82, 2.24) is 4.90 Å². The molecule has 1 aliphatic carbocycles. The summed E-state index contributed by atoms with van der Waals surface area (Å²) in [5.41, 5.74) is 2.61. The van der Waals surface area contributed by atoms with E-state index in [0.29, 0.717) is 32.7 Å². The van der Waals surface area contributed by atoms with Gasteiger partial charge in [-0.15, -0.1) is 11.3 Å². The number of aliphatic hydroxyl groups is 1. The lowest BCUT2D eigenvalue weighted by atomic mass is 9.94. The van der Waals surface area contributed by atoms with Crippen LogP contribution in [0.15, 0.2) is 53.9 Å². The van der Waals surface area contributed by atoms with Gasteiger partial charge in [0, 0.05) is 42.8 Å². The number of carbonyl (C=O) groups is 1. The molecule has 1 aromatic heterocycles. The molecule has 2 heterocycles. The number of morpholine rings is 1. The Kier molecular flexibility index (Phi) is 9.92. The monoisotopic (exact) mass is 499 g/mol. The van der Waals surface area contributed by atoms with Gasteiger partial charge in [0.1, 0.15) is 0 Å². The molecule has 190 valence electrons. The van der Waals surface area contributed by atoms with Crippen molar-refractivity contribution in [2.75, 3.05) is 26.3 Å². The lowest BCUT2D eigenvalue weighted by molar-refractivity contribution is -0.137. The van der Waals surface area contributed by atoms with Gasteiger partial charge in [0.2, 0.25) is 0 Å². The van der Waals surface area contributed by atoms with Gasteiger partial charge in [0.25, 0.3) is 0 Å². The van der Waals surface area contributed by atoms with E-state index in [-0.39, 0.29) is 24.5 Å². The molecule has 2 N–H and O–H groups in total. The molecular weight excluding hydrogens is 462 g/mol. The van der Waals surface area contributed by atoms with Crippen LogP contribution >= 0.6 is 11.3 Å². The Hall–Kier alpha value is -2.03. The predicted octanol–water partition coefficient (Wildman–Crippen LogP) is 4.51. The Balaban J connectivity index is 1.36. The molecule has 2 fully saturated rings. The number of carboxylic acid groups (broad SMARTS) is 1. The molecule has 2 aliphatic rings. The Morgan fingerprint density at radius 1 is 1.17 bits per heavy atom. The fourth-order valence-corrected chi connectivity index (χ4v) is 6.10. The Morgan fingerprint density at radius 3 is 2.74 bits per heavy atom. The number of hydrogen-bond acceptors (Lipinski definition) is 6. The molecule has 1 saturated carbocycles. The van der Waals surface area contributed by atoms with Crippen molar-refractivity contribution in [3.8, 4) is 0 Å². The van der Waals surface area contributed by atoms with Crippen molar-refractivity contribution in [3.63, 3.8) is 0 Å². The zero-order valence-electron chi connectivity index (χ0n) is 20.3. The fraction of sp³-hybridized carbons (Fsp3) is 0.536. The van der Waals surface area contributed by atoms with Crippen LogP contribution in [0, 0.1) is 5.92 Å². The fourth-order valence-electron chi connectivity index (χ4n) is 5.29. The Morgan fingerprint density at radius 2 is 1.97 bits per heavy atom. The number of carboxylic acids is 1. The largest absolute Gasteiger partial charge is 0.481 e. The first kappa shape index (κ1) is 26.0. The van der Waals surface area contributed by atoms with E-state index in [1.165, 1.54) is 16.0 Å². The summed E-state index contributed by atoms with van der Waals surface area (Å²) in [6, 6.07) is 12.8. The molecule has 6 nitrogen and oxygen atoms in total. The first-order chi connectivity index (χ1) is 17.1. The Labute approximate surface area is 212 Å². The van der Waals surface area contributed by atoms with E-state index in [1.807, 2.05) is 6.07 Å². The van der Waals surface area contributed by atoms with Crippen LogP contribution in [0.1, 0.15) is 48.1 Å². The molecule has 1 aliphatic heterocycles. The van der Waals surface area contributed by atoms with Crippen LogP contribution in [0.2, 0.25) is 0 Å². The number of hydrogen-bond donors (Lipinski definition) is 2. The van der Waals surface area contributed by atoms with Gasteiger partial charge in [-0.1, -0.05) is 42.5 Å². The number of nitrogens with zero attached hydrogens (tertiary/aromatic N) is 1. The van der Waals surface area contributed by atoms with Crippen LogP contribution in [0.5, 0.6) is 0 Å². The normalized spacial score (nSPS) is 25.4. The van der Waals surface area contributed by atoms with Crippen LogP contribution in [-0.2, 0) is 27.3 Å². The van der Waals surface area contributed by atoms with Crippen molar-refractivity contribution in [2.45, 2.75) is 63.4 Å². The highest BCUT2D eigenvalue weighted by molar-refractivity contribution is 7.10. The molecule has 4 atom stereocenters. The number of allylic oxidation sites excluding steroid dienone is 2. The minimum atomic E-state index is -0.751. The van der Waals surface area contributed by atoms with Crippen LogP contribution < -0.4 is 0 Å². The topological polar surface area (TPSA) is 79.2 Å². The predicted molar refractivity (Wildman–Crippen MR) is 138 cm³/mol. The lowest BCUT2D eigenvalue weighted by Gasteiger charge is -2.37. The molecule has 35 heavy (non-hydrogen) atoms. The maximum Gasteiger partial charge on any atom is 0.303 e. The van der Waals surface area contributed by atoms with E-state index < -0.39 is 12.1 Å². The molecule has 1 saturated heterocycles. The molecule has 4 unspecified atom stereocenters. The van der Waals surface area contributed by atoms with Gasteiger partial charge in [-0.2, -0.15) is 0 Å². The van der Waals surface area contributed by atoms with Gasteiger partial charge in [0.05, 0.1) is 32.0 Å². The highest BCUT2D eigenvalue weighted by atomic mass is 32.1.